The fourth-order valence-electron chi connectivity index (χ4n) is 2.46. The molecule has 1 heterocycles. The monoisotopic (exact) mass is 278 g/mol. The van der Waals surface area contributed by atoms with Crippen molar-refractivity contribution in [1.82, 2.24) is 9.78 Å². The first-order valence-corrected chi connectivity index (χ1v) is 7.52. The van der Waals surface area contributed by atoms with Crippen molar-refractivity contribution in [2.24, 2.45) is 7.05 Å². The van der Waals surface area contributed by atoms with E-state index in [0.717, 1.165) is 18.5 Å². The Kier molecular flexibility index (Phi) is 6.62. The lowest BCUT2D eigenvalue weighted by molar-refractivity contribution is -0.118. The van der Waals surface area contributed by atoms with Crippen LogP contribution in [0.2, 0.25) is 0 Å². The number of aryl methyl sites for hydroxylation is 2. The third-order valence-electron chi connectivity index (χ3n) is 3.70. The van der Waals surface area contributed by atoms with Gasteiger partial charge >= 0.3 is 0 Å². The highest BCUT2D eigenvalue weighted by atomic mass is 16.1. The van der Waals surface area contributed by atoms with Gasteiger partial charge < -0.3 is 0 Å². The van der Waals surface area contributed by atoms with E-state index in [9.17, 15) is 9.59 Å². The van der Waals surface area contributed by atoms with Gasteiger partial charge in [0.1, 0.15) is 5.78 Å². The van der Waals surface area contributed by atoms with E-state index < -0.39 is 0 Å². The standard InChI is InChI=1S/C16H26N2O2/c1-5-6-7-8-9-10-14(19)11-15(20)16-12(2)17-18(4)13(16)3/h5-11H2,1-4H3. The van der Waals surface area contributed by atoms with Crippen LogP contribution in [-0.2, 0) is 11.8 Å². The molecule has 4 heteroatoms. The van der Waals surface area contributed by atoms with Gasteiger partial charge in [0.05, 0.1) is 17.7 Å². The van der Waals surface area contributed by atoms with Gasteiger partial charge in [-0.3, -0.25) is 14.3 Å². The molecular weight excluding hydrogens is 252 g/mol. The van der Waals surface area contributed by atoms with Crippen molar-refractivity contribution in [1.29, 1.82) is 0 Å². The Morgan fingerprint density at radius 2 is 1.75 bits per heavy atom. The van der Waals surface area contributed by atoms with E-state index >= 15 is 0 Å². The zero-order chi connectivity index (χ0) is 15.1. The van der Waals surface area contributed by atoms with Gasteiger partial charge in [-0.15, -0.1) is 0 Å². The van der Waals surface area contributed by atoms with Crippen LogP contribution in [0.25, 0.3) is 0 Å². The SMILES string of the molecule is CCCCCCCC(=O)CC(=O)c1c(C)nn(C)c1C. The fraction of sp³-hybridized carbons (Fsp3) is 0.688. The maximum Gasteiger partial charge on any atom is 0.173 e. The minimum atomic E-state index is -0.0911. The number of unbranched alkanes of at least 4 members (excludes halogenated alkanes) is 4. The molecule has 0 aliphatic carbocycles. The Morgan fingerprint density at radius 1 is 1.10 bits per heavy atom. The number of ketones is 2. The molecule has 0 radical (unpaired) electrons. The molecule has 1 aromatic heterocycles. The molecule has 0 amide bonds. The van der Waals surface area contributed by atoms with Crippen LogP contribution in [0, 0.1) is 13.8 Å². The molecule has 0 spiro atoms. The first-order chi connectivity index (χ1) is 9.47. The van der Waals surface area contributed by atoms with Crippen LogP contribution in [-0.4, -0.2) is 21.3 Å². The second-order valence-electron chi connectivity index (χ2n) is 5.47. The maximum absolute atomic E-state index is 12.2. The minimum absolute atomic E-state index is 0.0150. The fourth-order valence-corrected chi connectivity index (χ4v) is 2.46. The van der Waals surface area contributed by atoms with Gasteiger partial charge in [0.25, 0.3) is 0 Å². The van der Waals surface area contributed by atoms with E-state index in [1.54, 1.807) is 4.68 Å². The van der Waals surface area contributed by atoms with Gasteiger partial charge in [0.15, 0.2) is 5.78 Å². The molecule has 0 unspecified atom stereocenters. The molecule has 4 nitrogen and oxygen atoms in total. The number of hydrogen-bond acceptors (Lipinski definition) is 3. The van der Waals surface area contributed by atoms with Crippen molar-refractivity contribution in [3.8, 4) is 0 Å². The van der Waals surface area contributed by atoms with Crippen molar-refractivity contribution >= 4 is 11.6 Å². The van der Waals surface area contributed by atoms with E-state index in [1.165, 1.54) is 19.3 Å². The first-order valence-electron chi connectivity index (χ1n) is 7.52. The summed E-state index contributed by atoms with van der Waals surface area (Å²) in [6.45, 7) is 5.85. The van der Waals surface area contributed by atoms with Crippen molar-refractivity contribution in [2.45, 2.75) is 65.7 Å². The lowest BCUT2D eigenvalue weighted by Gasteiger charge is -2.02. The van der Waals surface area contributed by atoms with Gasteiger partial charge in [-0.2, -0.15) is 5.10 Å². The lowest BCUT2D eigenvalue weighted by atomic mass is 10.0. The van der Waals surface area contributed by atoms with Gasteiger partial charge in [0, 0.05) is 19.2 Å². The second-order valence-corrected chi connectivity index (χ2v) is 5.47. The molecule has 20 heavy (non-hydrogen) atoms. The number of carbonyl (C=O) groups is 2. The normalized spacial score (nSPS) is 10.8. The minimum Gasteiger partial charge on any atom is -0.299 e. The Hall–Kier alpha value is -1.45. The summed E-state index contributed by atoms with van der Waals surface area (Å²) in [6, 6.07) is 0. The molecule has 0 saturated carbocycles. The van der Waals surface area contributed by atoms with Crippen LogP contribution in [0.15, 0.2) is 0 Å². The van der Waals surface area contributed by atoms with E-state index in [-0.39, 0.29) is 18.0 Å². The van der Waals surface area contributed by atoms with Gasteiger partial charge in [-0.1, -0.05) is 32.6 Å². The molecule has 0 bridgehead atoms. The molecule has 0 aliphatic rings. The zero-order valence-corrected chi connectivity index (χ0v) is 13.2. The summed E-state index contributed by atoms with van der Waals surface area (Å²) in [7, 11) is 1.81. The smallest absolute Gasteiger partial charge is 0.173 e. The lowest BCUT2D eigenvalue weighted by Crippen LogP contribution is -2.10. The second kappa shape index (κ2) is 7.98. The average Bonchev–Trinajstić information content (AvgIpc) is 2.63. The van der Waals surface area contributed by atoms with E-state index in [1.807, 2.05) is 20.9 Å². The highest BCUT2D eigenvalue weighted by molar-refractivity contribution is 6.09. The molecule has 0 saturated heterocycles. The summed E-state index contributed by atoms with van der Waals surface area (Å²) >= 11 is 0. The van der Waals surface area contributed by atoms with Crippen LogP contribution >= 0.6 is 0 Å². The van der Waals surface area contributed by atoms with Crippen molar-refractivity contribution in [2.75, 3.05) is 0 Å². The average molecular weight is 278 g/mol. The topological polar surface area (TPSA) is 52.0 Å². The molecule has 0 fully saturated rings. The summed E-state index contributed by atoms with van der Waals surface area (Å²) < 4.78 is 1.69. The molecule has 1 aromatic rings. The van der Waals surface area contributed by atoms with E-state index in [4.69, 9.17) is 0 Å². The Labute approximate surface area is 121 Å². The predicted molar refractivity (Wildman–Crippen MR) is 80.0 cm³/mol. The summed E-state index contributed by atoms with van der Waals surface area (Å²) in [5, 5.41) is 4.22. The number of Topliss-reactive ketones (excluding diaryl/α,β-unsaturated/α-hetero) is 2. The Morgan fingerprint density at radius 3 is 2.30 bits per heavy atom. The number of nitrogens with zero attached hydrogens (tertiary/aromatic N) is 2. The quantitative estimate of drug-likeness (QED) is 0.394. The number of carbonyl (C=O) groups excluding carboxylic acids is 2. The van der Waals surface area contributed by atoms with Gasteiger partial charge in [-0.25, -0.2) is 0 Å². The van der Waals surface area contributed by atoms with Crippen LogP contribution in [0.3, 0.4) is 0 Å². The summed E-state index contributed by atoms with van der Waals surface area (Å²) in [4.78, 5) is 24.0. The summed E-state index contributed by atoms with van der Waals surface area (Å²) in [5.74, 6) is -0.0409. The van der Waals surface area contributed by atoms with Crippen molar-refractivity contribution in [3.63, 3.8) is 0 Å². The molecule has 112 valence electrons. The Balaban J connectivity index is 2.44. The molecule has 0 aliphatic heterocycles. The molecular formula is C16H26N2O2. The summed E-state index contributed by atoms with van der Waals surface area (Å²) in [6.07, 6.45) is 6.12. The van der Waals surface area contributed by atoms with Crippen LogP contribution in [0.1, 0.15) is 73.6 Å². The first kappa shape index (κ1) is 16.6. The third kappa shape index (κ3) is 4.58. The van der Waals surface area contributed by atoms with Crippen LogP contribution in [0.5, 0.6) is 0 Å². The number of hydrogen-bond donors (Lipinski definition) is 0. The Bertz CT molecular complexity index is 475. The van der Waals surface area contributed by atoms with Crippen molar-refractivity contribution in [3.05, 3.63) is 17.0 Å². The molecule has 0 aromatic carbocycles. The number of aromatic nitrogens is 2. The largest absolute Gasteiger partial charge is 0.299 e. The highest BCUT2D eigenvalue weighted by Gasteiger charge is 2.19. The highest BCUT2D eigenvalue weighted by Crippen LogP contribution is 2.15. The predicted octanol–water partition coefficient (Wildman–Crippen LogP) is 3.54. The summed E-state index contributed by atoms with van der Waals surface area (Å²) in [5.41, 5.74) is 2.17. The van der Waals surface area contributed by atoms with Gasteiger partial charge in [-0.05, 0) is 20.3 Å². The molecule has 0 N–H and O–H groups in total. The van der Waals surface area contributed by atoms with E-state index in [0.29, 0.717) is 17.7 Å². The molecule has 0 atom stereocenters. The number of rotatable bonds is 9. The van der Waals surface area contributed by atoms with Crippen LogP contribution in [0.4, 0.5) is 0 Å². The van der Waals surface area contributed by atoms with E-state index in [2.05, 4.69) is 12.0 Å². The van der Waals surface area contributed by atoms with Crippen LogP contribution < -0.4 is 0 Å². The third-order valence-corrected chi connectivity index (χ3v) is 3.70. The zero-order valence-electron chi connectivity index (χ0n) is 13.2. The molecule has 1 rings (SSSR count). The van der Waals surface area contributed by atoms with Gasteiger partial charge in [0.2, 0.25) is 0 Å². The maximum atomic E-state index is 12.2. The van der Waals surface area contributed by atoms with Crippen molar-refractivity contribution < 1.29 is 9.59 Å².